The molecule has 4 nitrogen and oxygen atoms in total. The summed E-state index contributed by atoms with van der Waals surface area (Å²) in [6.45, 7) is 5.57. The summed E-state index contributed by atoms with van der Waals surface area (Å²) in [4.78, 5) is 25.1. The standard InChI is InChI=1S/C14H15BrFNO3/c1-14(2,3)20-13(19)17-7-6-8-10(16)5-4-9(11(8)17)12(15)18/h4-5H,6-7H2,1-3H3. The molecule has 0 saturated carbocycles. The topological polar surface area (TPSA) is 46.6 Å². The Morgan fingerprint density at radius 1 is 1.35 bits per heavy atom. The highest BCUT2D eigenvalue weighted by Crippen LogP contribution is 2.35. The van der Waals surface area contributed by atoms with Gasteiger partial charge in [0, 0.05) is 12.1 Å². The van der Waals surface area contributed by atoms with Crippen LogP contribution in [-0.2, 0) is 11.2 Å². The molecule has 1 aromatic carbocycles. The summed E-state index contributed by atoms with van der Waals surface area (Å²) in [5, 5.41) is 0. The number of ether oxygens (including phenoxy) is 1. The Morgan fingerprint density at radius 2 is 2.00 bits per heavy atom. The van der Waals surface area contributed by atoms with E-state index in [2.05, 4.69) is 15.9 Å². The lowest BCUT2D eigenvalue weighted by Gasteiger charge is -2.25. The predicted octanol–water partition coefficient (Wildman–Crippen LogP) is 3.66. The zero-order valence-corrected chi connectivity index (χ0v) is 13.1. The van der Waals surface area contributed by atoms with E-state index in [-0.39, 0.29) is 10.3 Å². The second kappa shape index (κ2) is 5.16. The number of amides is 1. The lowest BCUT2D eigenvalue weighted by atomic mass is 10.1. The number of carbonyl (C=O) groups excluding carboxylic acids is 2. The quantitative estimate of drug-likeness (QED) is 0.731. The van der Waals surface area contributed by atoms with E-state index in [0.717, 1.165) is 0 Å². The molecule has 1 aromatic rings. The van der Waals surface area contributed by atoms with Crippen molar-refractivity contribution in [2.45, 2.75) is 32.8 Å². The van der Waals surface area contributed by atoms with Crippen molar-refractivity contribution in [3.05, 3.63) is 29.1 Å². The second-order valence-corrected chi connectivity index (χ2v) is 6.30. The maximum atomic E-state index is 13.8. The van der Waals surface area contributed by atoms with Gasteiger partial charge in [0.25, 0.3) is 0 Å². The zero-order chi connectivity index (χ0) is 15.1. The molecule has 20 heavy (non-hydrogen) atoms. The van der Waals surface area contributed by atoms with Crippen molar-refractivity contribution < 1.29 is 18.7 Å². The lowest BCUT2D eigenvalue weighted by molar-refractivity contribution is 0.0584. The maximum Gasteiger partial charge on any atom is 0.414 e. The van der Waals surface area contributed by atoms with Crippen LogP contribution in [0.15, 0.2) is 12.1 Å². The molecule has 108 valence electrons. The Kier molecular flexibility index (Phi) is 3.86. The summed E-state index contributed by atoms with van der Waals surface area (Å²) < 4.78 is 18.7. The first kappa shape index (κ1) is 15.0. The number of rotatable bonds is 1. The first-order valence-corrected chi connectivity index (χ1v) is 7.02. The first-order valence-electron chi connectivity index (χ1n) is 6.22. The molecular weight excluding hydrogens is 329 g/mol. The van der Waals surface area contributed by atoms with Crippen LogP contribution in [0, 0.1) is 5.82 Å². The Hall–Kier alpha value is -1.43. The van der Waals surface area contributed by atoms with Crippen LogP contribution in [0.1, 0.15) is 36.7 Å². The Labute approximate surface area is 125 Å². The summed E-state index contributed by atoms with van der Waals surface area (Å²) in [5.41, 5.74) is 0.304. The van der Waals surface area contributed by atoms with Gasteiger partial charge in [-0.1, -0.05) is 0 Å². The van der Waals surface area contributed by atoms with Crippen LogP contribution in [0.4, 0.5) is 14.9 Å². The van der Waals surface area contributed by atoms with E-state index in [1.54, 1.807) is 20.8 Å². The van der Waals surface area contributed by atoms with Crippen molar-refractivity contribution in [1.82, 2.24) is 0 Å². The van der Waals surface area contributed by atoms with Gasteiger partial charge in [0.2, 0.25) is 4.69 Å². The van der Waals surface area contributed by atoms with Gasteiger partial charge in [-0.05, 0) is 55.3 Å². The number of hydrogen-bond acceptors (Lipinski definition) is 3. The SMILES string of the molecule is CC(C)(C)OC(=O)N1CCc2c(F)ccc(C(=O)Br)c21. The Morgan fingerprint density at radius 3 is 2.55 bits per heavy atom. The molecule has 2 rings (SSSR count). The normalized spacial score (nSPS) is 14.2. The van der Waals surface area contributed by atoms with Crippen LogP contribution < -0.4 is 4.90 Å². The molecule has 0 saturated heterocycles. The van der Waals surface area contributed by atoms with Gasteiger partial charge in [0.05, 0.1) is 11.3 Å². The smallest absolute Gasteiger partial charge is 0.414 e. The second-order valence-electron chi connectivity index (χ2n) is 5.58. The van der Waals surface area contributed by atoms with E-state index < -0.39 is 17.5 Å². The molecule has 0 N–H and O–H groups in total. The van der Waals surface area contributed by atoms with Crippen LogP contribution in [-0.4, -0.2) is 22.9 Å². The van der Waals surface area contributed by atoms with Crippen LogP contribution in [0.5, 0.6) is 0 Å². The number of hydrogen-bond donors (Lipinski definition) is 0. The van der Waals surface area contributed by atoms with Crippen molar-refractivity contribution >= 4 is 32.4 Å². The number of halogens is 2. The third kappa shape index (κ3) is 2.85. The van der Waals surface area contributed by atoms with Crippen LogP contribution >= 0.6 is 15.9 Å². The first-order chi connectivity index (χ1) is 9.20. The average molecular weight is 344 g/mol. The molecule has 1 amide bonds. The molecule has 0 unspecified atom stereocenters. The molecule has 0 bridgehead atoms. The third-order valence-electron chi connectivity index (χ3n) is 2.91. The average Bonchev–Trinajstić information content (AvgIpc) is 2.72. The number of fused-ring (bicyclic) bond motifs is 1. The van der Waals surface area contributed by atoms with Crippen molar-refractivity contribution in [1.29, 1.82) is 0 Å². The monoisotopic (exact) mass is 343 g/mol. The van der Waals surface area contributed by atoms with Gasteiger partial charge < -0.3 is 4.74 Å². The van der Waals surface area contributed by atoms with E-state index in [0.29, 0.717) is 24.2 Å². The van der Waals surface area contributed by atoms with Gasteiger partial charge in [-0.15, -0.1) is 0 Å². The van der Waals surface area contributed by atoms with E-state index >= 15 is 0 Å². The number of anilines is 1. The molecule has 0 radical (unpaired) electrons. The van der Waals surface area contributed by atoms with Gasteiger partial charge in [-0.3, -0.25) is 9.69 Å². The predicted molar refractivity (Wildman–Crippen MR) is 76.9 cm³/mol. The van der Waals surface area contributed by atoms with Gasteiger partial charge in [0.1, 0.15) is 11.4 Å². The van der Waals surface area contributed by atoms with Crippen molar-refractivity contribution in [3.63, 3.8) is 0 Å². The minimum absolute atomic E-state index is 0.268. The molecule has 0 spiro atoms. The molecule has 0 fully saturated rings. The highest BCUT2D eigenvalue weighted by atomic mass is 79.9. The van der Waals surface area contributed by atoms with E-state index in [1.165, 1.54) is 17.0 Å². The molecule has 1 aliphatic heterocycles. The van der Waals surface area contributed by atoms with Crippen molar-refractivity contribution in [3.8, 4) is 0 Å². The molecule has 1 heterocycles. The third-order valence-corrected chi connectivity index (χ3v) is 3.33. The summed E-state index contributed by atoms with van der Waals surface area (Å²) in [5.74, 6) is -0.413. The molecule has 6 heteroatoms. The van der Waals surface area contributed by atoms with Crippen LogP contribution in [0.3, 0.4) is 0 Å². The number of benzene rings is 1. The van der Waals surface area contributed by atoms with Gasteiger partial charge >= 0.3 is 6.09 Å². The molecular formula is C14H15BrFNO3. The fourth-order valence-electron chi connectivity index (χ4n) is 2.15. The maximum absolute atomic E-state index is 13.8. The highest BCUT2D eigenvalue weighted by molar-refractivity contribution is 9.18. The summed E-state index contributed by atoms with van der Waals surface area (Å²) in [6, 6.07) is 2.61. The van der Waals surface area contributed by atoms with Crippen LogP contribution in [0.25, 0.3) is 0 Å². The Bertz CT molecular complexity index is 581. The Balaban J connectivity index is 2.43. The molecule has 0 atom stereocenters. The fraction of sp³-hybridized carbons (Fsp3) is 0.429. The van der Waals surface area contributed by atoms with E-state index in [4.69, 9.17) is 4.74 Å². The molecule has 0 aliphatic carbocycles. The van der Waals surface area contributed by atoms with E-state index in [9.17, 15) is 14.0 Å². The number of carbonyl (C=O) groups is 2. The lowest BCUT2D eigenvalue weighted by Crippen LogP contribution is -2.36. The molecule has 0 aromatic heterocycles. The van der Waals surface area contributed by atoms with Gasteiger partial charge in [0.15, 0.2) is 0 Å². The number of nitrogens with zero attached hydrogens (tertiary/aromatic N) is 1. The van der Waals surface area contributed by atoms with Gasteiger partial charge in [-0.2, -0.15) is 0 Å². The highest BCUT2D eigenvalue weighted by Gasteiger charge is 2.33. The van der Waals surface area contributed by atoms with E-state index in [1.807, 2.05) is 0 Å². The largest absolute Gasteiger partial charge is 0.443 e. The minimum atomic E-state index is -0.647. The zero-order valence-electron chi connectivity index (χ0n) is 11.5. The van der Waals surface area contributed by atoms with Crippen LogP contribution in [0.2, 0.25) is 0 Å². The summed E-state index contributed by atoms with van der Waals surface area (Å²) >= 11 is 2.86. The minimum Gasteiger partial charge on any atom is -0.443 e. The van der Waals surface area contributed by atoms with Crippen molar-refractivity contribution in [2.24, 2.45) is 0 Å². The molecule has 1 aliphatic rings. The summed E-state index contributed by atoms with van der Waals surface area (Å²) in [7, 11) is 0. The van der Waals surface area contributed by atoms with Gasteiger partial charge in [-0.25, -0.2) is 9.18 Å². The fourth-order valence-corrected chi connectivity index (χ4v) is 2.47. The summed E-state index contributed by atoms with van der Waals surface area (Å²) in [6.07, 6.45) is -0.203. The van der Waals surface area contributed by atoms with Crippen molar-refractivity contribution in [2.75, 3.05) is 11.4 Å².